The molecule has 1 saturated heterocycles. The standard InChI is InChI=1S/C14H24N6O/c1-8-6-20(7-11(8)19(4)5)14-12(13(15)18-21)9(2)10(3)16-17-14/h8,11,21H,6-7H2,1-5H3,(H2,15,18). The molecule has 116 valence electrons. The second kappa shape index (κ2) is 5.85. The third-order valence-corrected chi connectivity index (χ3v) is 4.34. The molecule has 0 bridgehead atoms. The molecule has 2 unspecified atom stereocenters. The lowest BCUT2D eigenvalue weighted by molar-refractivity contribution is 0.266. The van der Waals surface area contributed by atoms with Crippen molar-refractivity contribution in [3.8, 4) is 0 Å². The van der Waals surface area contributed by atoms with Crippen molar-refractivity contribution in [2.24, 2.45) is 16.8 Å². The van der Waals surface area contributed by atoms with Gasteiger partial charge in [-0.25, -0.2) is 0 Å². The highest BCUT2D eigenvalue weighted by molar-refractivity contribution is 6.02. The van der Waals surface area contributed by atoms with Crippen LogP contribution in [0.3, 0.4) is 0 Å². The summed E-state index contributed by atoms with van der Waals surface area (Å²) in [6, 6.07) is 0.452. The number of anilines is 1. The van der Waals surface area contributed by atoms with Crippen molar-refractivity contribution in [1.82, 2.24) is 15.1 Å². The number of aryl methyl sites for hydroxylation is 1. The van der Waals surface area contributed by atoms with Crippen LogP contribution in [-0.2, 0) is 0 Å². The second-order valence-corrected chi connectivity index (χ2v) is 6.01. The first kappa shape index (κ1) is 15.5. The number of oxime groups is 1. The number of likely N-dealkylation sites (N-methyl/N-ethyl adjacent to an activating group) is 1. The summed E-state index contributed by atoms with van der Waals surface area (Å²) in [7, 11) is 4.17. The van der Waals surface area contributed by atoms with Crippen LogP contribution in [0.5, 0.6) is 0 Å². The van der Waals surface area contributed by atoms with Crippen molar-refractivity contribution in [2.45, 2.75) is 26.8 Å². The minimum absolute atomic E-state index is 0.0847. The maximum atomic E-state index is 9.05. The van der Waals surface area contributed by atoms with Crippen LogP contribution in [-0.4, -0.2) is 59.4 Å². The van der Waals surface area contributed by atoms with Gasteiger partial charge in [0.25, 0.3) is 0 Å². The molecule has 0 saturated carbocycles. The van der Waals surface area contributed by atoms with Gasteiger partial charge in [-0.15, -0.1) is 5.10 Å². The van der Waals surface area contributed by atoms with Gasteiger partial charge in [0.1, 0.15) is 0 Å². The van der Waals surface area contributed by atoms with Gasteiger partial charge in [-0.2, -0.15) is 5.10 Å². The van der Waals surface area contributed by atoms with Gasteiger partial charge in [0.05, 0.1) is 11.3 Å². The highest BCUT2D eigenvalue weighted by Crippen LogP contribution is 2.28. The van der Waals surface area contributed by atoms with E-state index in [1.54, 1.807) is 0 Å². The lowest BCUT2D eigenvalue weighted by Crippen LogP contribution is -2.35. The molecule has 21 heavy (non-hydrogen) atoms. The Morgan fingerprint density at radius 2 is 2.00 bits per heavy atom. The molecule has 2 rings (SSSR count). The first-order chi connectivity index (χ1) is 9.86. The highest BCUT2D eigenvalue weighted by atomic mass is 16.4. The molecule has 1 aromatic heterocycles. The van der Waals surface area contributed by atoms with Gasteiger partial charge < -0.3 is 20.7 Å². The minimum Gasteiger partial charge on any atom is -0.409 e. The van der Waals surface area contributed by atoms with Crippen LogP contribution < -0.4 is 10.6 Å². The Hall–Kier alpha value is -1.89. The quantitative estimate of drug-likeness (QED) is 0.366. The lowest BCUT2D eigenvalue weighted by atomic mass is 10.1. The van der Waals surface area contributed by atoms with Crippen molar-refractivity contribution in [2.75, 3.05) is 32.1 Å². The van der Waals surface area contributed by atoms with Crippen LogP contribution in [0.1, 0.15) is 23.7 Å². The van der Waals surface area contributed by atoms with Crippen LogP contribution in [0.25, 0.3) is 0 Å². The van der Waals surface area contributed by atoms with Crippen molar-refractivity contribution in [1.29, 1.82) is 0 Å². The summed E-state index contributed by atoms with van der Waals surface area (Å²) in [4.78, 5) is 4.39. The average Bonchev–Trinajstić information content (AvgIpc) is 2.83. The average molecular weight is 292 g/mol. The van der Waals surface area contributed by atoms with Crippen LogP contribution >= 0.6 is 0 Å². The molecular weight excluding hydrogens is 268 g/mol. The van der Waals surface area contributed by atoms with Gasteiger partial charge in [-0.3, -0.25) is 0 Å². The van der Waals surface area contributed by atoms with E-state index in [0.29, 0.717) is 23.3 Å². The van der Waals surface area contributed by atoms with Gasteiger partial charge >= 0.3 is 0 Å². The summed E-state index contributed by atoms with van der Waals surface area (Å²) in [5, 5.41) is 20.7. The Kier molecular flexibility index (Phi) is 4.32. The lowest BCUT2D eigenvalue weighted by Gasteiger charge is -2.23. The SMILES string of the molecule is Cc1nnc(N2CC(C)C(N(C)C)C2)c(C(N)=NO)c1C. The molecule has 1 aliphatic rings. The first-order valence-corrected chi connectivity index (χ1v) is 7.10. The van der Waals surface area contributed by atoms with E-state index in [4.69, 9.17) is 10.9 Å². The van der Waals surface area contributed by atoms with Gasteiger partial charge in [-0.05, 0) is 39.4 Å². The monoisotopic (exact) mass is 292 g/mol. The van der Waals surface area contributed by atoms with E-state index in [1.807, 2.05) is 13.8 Å². The number of rotatable bonds is 3. The largest absolute Gasteiger partial charge is 0.409 e. The molecule has 7 nitrogen and oxygen atoms in total. The van der Waals surface area contributed by atoms with E-state index in [9.17, 15) is 0 Å². The predicted molar refractivity (Wildman–Crippen MR) is 82.9 cm³/mol. The van der Waals surface area contributed by atoms with E-state index in [2.05, 4.69) is 46.2 Å². The molecule has 1 fully saturated rings. The zero-order chi connectivity index (χ0) is 15.7. The molecule has 1 aromatic rings. The summed E-state index contributed by atoms with van der Waals surface area (Å²) in [5.41, 5.74) is 8.22. The van der Waals surface area contributed by atoms with E-state index < -0.39 is 0 Å². The van der Waals surface area contributed by atoms with Gasteiger partial charge in [-0.1, -0.05) is 12.1 Å². The fourth-order valence-corrected chi connectivity index (χ4v) is 2.97. The molecule has 0 amide bonds. The fourth-order valence-electron chi connectivity index (χ4n) is 2.97. The maximum Gasteiger partial charge on any atom is 0.174 e. The molecule has 0 radical (unpaired) electrons. The maximum absolute atomic E-state index is 9.05. The molecule has 2 heterocycles. The summed E-state index contributed by atoms with van der Waals surface area (Å²) >= 11 is 0. The van der Waals surface area contributed by atoms with Crippen LogP contribution in [0, 0.1) is 19.8 Å². The zero-order valence-electron chi connectivity index (χ0n) is 13.3. The van der Waals surface area contributed by atoms with E-state index >= 15 is 0 Å². The Morgan fingerprint density at radius 3 is 2.52 bits per heavy atom. The number of hydrogen-bond donors (Lipinski definition) is 2. The number of nitrogens with two attached hydrogens (primary N) is 1. The van der Waals surface area contributed by atoms with Crippen molar-refractivity contribution in [3.05, 3.63) is 16.8 Å². The van der Waals surface area contributed by atoms with Crippen LogP contribution in [0.4, 0.5) is 5.82 Å². The summed E-state index contributed by atoms with van der Waals surface area (Å²) in [6.45, 7) is 7.75. The summed E-state index contributed by atoms with van der Waals surface area (Å²) < 4.78 is 0. The third kappa shape index (κ3) is 2.78. The third-order valence-electron chi connectivity index (χ3n) is 4.34. The number of nitrogens with zero attached hydrogens (tertiary/aromatic N) is 5. The van der Waals surface area contributed by atoms with Crippen LogP contribution in [0.2, 0.25) is 0 Å². The van der Waals surface area contributed by atoms with Gasteiger partial charge in [0.2, 0.25) is 0 Å². The van der Waals surface area contributed by atoms with Crippen LogP contribution in [0.15, 0.2) is 5.16 Å². The van der Waals surface area contributed by atoms with E-state index in [-0.39, 0.29) is 5.84 Å². The Balaban J connectivity index is 2.44. The number of aromatic nitrogens is 2. The number of amidine groups is 1. The zero-order valence-corrected chi connectivity index (χ0v) is 13.3. The predicted octanol–water partition coefficient (Wildman–Crippen LogP) is 0.574. The highest BCUT2D eigenvalue weighted by Gasteiger charge is 2.34. The molecule has 3 N–H and O–H groups in total. The molecule has 1 aliphatic heterocycles. The Bertz CT molecular complexity index is 557. The minimum atomic E-state index is 0.0847. The van der Waals surface area contributed by atoms with Gasteiger partial charge in [0.15, 0.2) is 11.7 Å². The molecular formula is C14H24N6O. The first-order valence-electron chi connectivity index (χ1n) is 7.10. The molecule has 0 aromatic carbocycles. The normalized spacial score (nSPS) is 23.1. The van der Waals surface area contributed by atoms with E-state index in [1.165, 1.54) is 0 Å². The summed E-state index contributed by atoms with van der Waals surface area (Å²) in [5.74, 6) is 1.30. The second-order valence-electron chi connectivity index (χ2n) is 6.01. The van der Waals surface area contributed by atoms with Crippen molar-refractivity contribution in [3.63, 3.8) is 0 Å². The fraction of sp³-hybridized carbons (Fsp3) is 0.643. The molecule has 2 atom stereocenters. The molecule has 7 heteroatoms. The van der Waals surface area contributed by atoms with Gasteiger partial charge in [0, 0.05) is 19.1 Å². The van der Waals surface area contributed by atoms with E-state index in [0.717, 1.165) is 24.3 Å². The van der Waals surface area contributed by atoms with Crippen molar-refractivity contribution >= 4 is 11.7 Å². The molecule has 0 aliphatic carbocycles. The number of hydrogen-bond acceptors (Lipinski definition) is 6. The van der Waals surface area contributed by atoms with Crippen molar-refractivity contribution < 1.29 is 5.21 Å². The smallest absolute Gasteiger partial charge is 0.174 e. The Morgan fingerprint density at radius 1 is 1.33 bits per heavy atom. The Labute approximate surface area is 125 Å². The summed E-state index contributed by atoms with van der Waals surface area (Å²) in [6.07, 6.45) is 0. The topological polar surface area (TPSA) is 90.9 Å². The molecule has 0 spiro atoms.